The summed E-state index contributed by atoms with van der Waals surface area (Å²) in [5, 5.41) is 8.99. The van der Waals surface area contributed by atoms with Crippen molar-refractivity contribution in [1.82, 2.24) is 4.98 Å². The molecular formula is C12H11ClF2N2O2. The van der Waals surface area contributed by atoms with Gasteiger partial charge in [0.05, 0.1) is 18.6 Å². The molecule has 0 radical (unpaired) electrons. The first-order valence-corrected chi connectivity index (χ1v) is 5.99. The second kappa shape index (κ2) is 7.00. The summed E-state index contributed by atoms with van der Waals surface area (Å²) in [7, 11) is 0. The van der Waals surface area contributed by atoms with E-state index < -0.39 is 18.1 Å². The van der Waals surface area contributed by atoms with E-state index in [9.17, 15) is 13.6 Å². The van der Waals surface area contributed by atoms with E-state index in [0.29, 0.717) is 5.56 Å². The van der Waals surface area contributed by atoms with E-state index in [1.54, 1.807) is 13.0 Å². The minimum atomic E-state index is -2.89. The van der Waals surface area contributed by atoms with Crippen LogP contribution in [0.3, 0.4) is 0 Å². The Kier molecular flexibility index (Phi) is 5.64. The monoisotopic (exact) mass is 288 g/mol. The minimum absolute atomic E-state index is 0.0278. The molecule has 0 aromatic carbocycles. The second-order valence-electron chi connectivity index (χ2n) is 3.55. The lowest BCUT2D eigenvalue weighted by molar-refractivity contribution is -0.142. The van der Waals surface area contributed by atoms with Crippen LogP contribution in [0.25, 0.3) is 0 Å². The van der Waals surface area contributed by atoms with Crippen LogP contribution in [0, 0.1) is 11.3 Å². The number of hydrogen-bond donors (Lipinski definition) is 0. The third-order valence-corrected chi connectivity index (χ3v) is 2.68. The molecule has 1 heterocycles. The highest BCUT2D eigenvalue weighted by Gasteiger charge is 2.22. The van der Waals surface area contributed by atoms with Crippen molar-refractivity contribution >= 4 is 17.6 Å². The van der Waals surface area contributed by atoms with Crippen molar-refractivity contribution in [3.8, 4) is 6.07 Å². The molecule has 0 unspecified atom stereocenters. The van der Waals surface area contributed by atoms with Crippen molar-refractivity contribution in [3.05, 3.63) is 28.6 Å². The minimum Gasteiger partial charge on any atom is -0.466 e. The van der Waals surface area contributed by atoms with Crippen molar-refractivity contribution < 1.29 is 18.3 Å². The Morgan fingerprint density at radius 2 is 2.32 bits per heavy atom. The molecule has 0 aliphatic carbocycles. The SMILES string of the molecule is CCOC(=O)Cc1c(CCl)cnc(C(F)F)c1C#N. The number of pyridine rings is 1. The van der Waals surface area contributed by atoms with Crippen molar-refractivity contribution in [2.75, 3.05) is 6.61 Å². The summed E-state index contributed by atoms with van der Waals surface area (Å²) in [5.74, 6) is -0.628. The van der Waals surface area contributed by atoms with Crippen LogP contribution in [0.1, 0.15) is 35.7 Å². The van der Waals surface area contributed by atoms with Gasteiger partial charge in [0.15, 0.2) is 0 Å². The van der Waals surface area contributed by atoms with Gasteiger partial charge in [-0.3, -0.25) is 9.78 Å². The van der Waals surface area contributed by atoms with Gasteiger partial charge in [-0.25, -0.2) is 8.78 Å². The number of rotatable bonds is 5. The molecule has 0 bridgehead atoms. The molecule has 1 aromatic rings. The Hall–Kier alpha value is -1.74. The number of esters is 1. The summed E-state index contributed by atoms with van der Waals surface area (Å²) in [5.41, 5.74) is -0.422. The summed E-state index contributed by atoms with van der Waals surface area (Å²) >= 11 is 5.66. The maximum Gasteiger partial charge on any atom is 0.310 e. The van der Waals surface area contributed by atoms with Crippen LogP contribution in [-0.4, -0.2) is 17.6 Å². The molecule has 0 atom stereocenters. The molecule has 0 aliphatic heterocycles. The van der Waals surface area contributed by atoms with Crippen LogP contribution in [0.5, 0.6) is 0 Å². The van der Waals surface area contributed by atoms with E-state index in [-0.39, 0.29) is 30.0 Å². The van der Waals surface area contributed by atoms with Gasteiger partial charge >= 0.3 is 5.97 Å². The highest BCUT2D eigenvalue weighted by Crippen LogP contribution is 2.26. The number of hydrogen-bond acceptors (Lipinski definition) is 4. The van der Waals surface area contributed by atoms with Crippen LogP contribution >= 0.6 is 11.6 Å². The lowest BCUT2D eigenvalue weighted by Gasteiger charge is -2.11. The summed E-state index contributed by atoms with van der Waals surface area (Å²) in [4.78, 5) is 15.0. The first-order valence-electron chi connectivity index (χ1n) is 5.45. The van der Waals surface area contributed by atoms with E-state index in [1.165, 1.54) is 0 Å². The Balaban J connectivity index is 3.28. The zero-order valence-corrected chi connectivity index (χ0v) is 10.9. The lowest BCUT2D eigenvalue weighted by atomic mass is 10.00. The molecule has 7 heteroatoms. The van der Waals surface area contributed by atoms with Gasteiger partial charge in [-0.05, 0) is 18.1 Å². The third-order valence-electron chi connectivity index (χ3n) is 2.39. The summed E-state index contributed by atoms with van der Waals surface area (Å²) in [6.45, 7) is 1.80. The third kappa shape index (κ3) is 3.61. The number of nitriles is 1. The molecule has 4 nitrogen and oxygen atoms in total. The van der Waals surface area contributed by atoms with Gasteiger partial charge in [0.25, 0.3) is 6.43 Å². The molecule has 0 N–H and O–H groups in total. The number of ether oxygens (including phenoxy) is 1. The maximum absolute atomic E-state index is 12.8. The molecule has 1 rings (SSSR count). The first-order chi connectivity index (χ1) is 9.04. The molecule has 102 valence electrons. The van der Waals surface area contributed by atoms with Crippen LogP contribution < -0.4 is 0 Å². The molecule has 0 fully saturated rings. The Labute approximate surface area is 114 Å². The van der Waals surface area contributed by atoms with Crippen LogP contribution in [-0.2, 0) is 21.8 Å². The molecule has 1 aromatic heterocycles. The Bertz CT molecular complexity index is 515. The quantitative estimate of drug-likeness (QED) is 0.617. The molecule has 19 heavy (non-hydrogen) atoms. The average molecular weight is 289 g/mol. The highest BCUT2D eigenvalue weighted by atomic mass is 35.5. The zero-order chi connectivity index (χ0) is 14.4. The Morgan fingerprint density at radius 1 is 1.63 bits per heavy atom. The predicted octanol–water partition coefficient (Wildman–Crippen LogP) is 2.74. The van der Waals surface area contributed by atoms with E-state index in [2.05, 4.69) is 4.98 Å². The number of halogens is 3. The molecule has 0 spiro atoms. The largest absolute Gasteiger partial charge is 0.466 e. The molecule has 0 amide bonds. The topological polar surface area (TPSA) is 63.0 Å². The van der Waals surface area contributed by atoms with E-state index in [1.807, 2.05) is 0 Å². The van der Waals surface area contributed by atoms with E-state index in [0.717, 1.165) is 6.20 Å². The number of carbonyl (C=O) groups is 1. The lowest BCUT2D eigenvalue weighted by Crippen LogP contribution is -2.13. The Morgan fingerprint density at radius 3 is 2.79 bits per heavy atom. The zero-order valence-electron chi connectivity index (χ0n) is 10.1. The molecule has 0 saturated heterocycles. The van der Waals surface area contributed by atoms with E-state index in [4.69, 9.17) is 21.6 Å². The number of carbonyl (C=O) groups excluding carboxylic acids is 1. The van der Waals surface area contributed by atoms with Crippen molar-refractivity contribution in [2.45, 2.75) is 25.7 Å². The fourth-order valence-corrected chi connectivity index (χ4v) is 1.80. The second-order valence-corrected chi connectivity index (χ2v) is 3.82. The summed E-state index contributed by atoms with van der Waals surface area (Å²) in [6.07, 6.45) is -2.01. The van der Waals surface area contributed by atoms with Gasteiger partial charge < -0.3 is 4.74 Å². The van der Waals surface area contributed by atoms with Gasteiger partial charge in [0.2, 0.25) is 0 Å². The first kappa shape index (κ1) is 15.3. The summed E-state index contributed by atoms with van der Waals surface area (Å²) in [6, 6.07) is 1.66. The van der Waals surface area contributed by atoms with Crippen LogP contribution in [0.2, 0.25) is 0 Å². The van der Waals surface area contributed by atoms with Crippen molar-refractivity contribution in [1.29, 1.82) is 5.26 Å². The molecular weight excluding hydrogens is 278 g/mol. The number of aromatic nitrogens is 1. The molecule has 0 aliphatic rings. The van der Waals surface area contributed by atoms with Crippen LogP contribution in [0.15, 0.2) is 6.20 Å². The van der Waals surface area contributed by atoms with Crippen molar-refractivity contribution in [2.24, 2.45) is 0 Å². The average Bonchev–Trinajstić information content (AvgIpc) is 2.38. The summed E-state index contributed by atoms with van der Waals surface area (Å²) < 4.78 is 30.3. The van der Waals surface area contributed by atoms with Gasteiger partial charge in [-0.1, -0.05) is 0 Å². The highest BCUT2D eigenvalue weighted by molar-refractivity contribution is 6.17. The van der Waals surface area contributed by atoms with Gasteiger partial charge in [-0.2, -0.15) is 5.26 Å². The van der Waals surface area contributed by atoms with Crippen molar-refractivity contribution in [3.63, 3.8) is 0 Å². The molecule has 0 saturated carbocycles. The smallest absolute Gasteiger partial charge is 0.310 e. The number of nitrogens with zero attached hydrogens (tertiary/aromatic N) is 2. The fourth-order valence-electron chi connectivity index (χ4n) is 1.57. The van der Waals surface area contributed by atoms with Gasteiger partial charge in [0.1, 0.15) is 11.8 Å². The standard InChI is InChI=1S/C12H11ClF2N2O2/c1-2-19-10(18)3-8-7(4-13)6-17-11(12(14)15)9(8)5-16/h6,12H,2-4H2,1H3. The predicted molar refractivity (Wildman–Crippen MR) is 63.8 cm³/mol. The fraction of sp³-hybridized carbons (Fsp3) is 0.417. The van der Waals surface area contributed by atoms with Crippen LogP contribution in [0.4, 0.5) is 8.78 Å². The maximum atomic E-state index is 12.8. The van der Waals surface area contributed by atoms with Gasteiger partial charge in [0, 0.05) is 12.1 Å². The van der Waals surface area contributed by atoms with Gasteiger partial charge in [-0.15, -0.1) is 11.6 Å². The number of alkyl halides is 3. The van der Waals surface area contributed by atoms with E-state index >= 15 is 0 Å². The normalized spacial score (nSPS) is 10.3.